The third kappa shape index (κ3) is 5.88. The Bertz CT molecular complexity index is 1920. The molecule has 1 fully saturated rings. The maximum Gasteiger partial charge on any atom is 0.416 e. The lowest BCUT2D eigenvalue weighted by atomic mass is 10.0. The third-order valence-electron chi connectivity index (χ3n) is 7.53. The van der Waals surface area contributed by atoms with Gasteiger partial charge in [0.05, 0.1) is 22.9 Å². The summed E-state index contributed by atoms with van der Waals surface area (Å²) in [6.07, 6.45) is -2.77. The van der Waals surface area contributed by atoms with Crippen LogP contribution in [-0.4, -0.2) is 35.2 Å². The Labute approximate surface area is 252 Å². The first kappa shape index (κ1) is 29.3. The van der Waals surface area contributed by atoms with Gasteiger partial charge in [-0.25, -0.2) is 0 Å². The van der Waals surface area contributed by atoms with Gasteiger partial charge in [0.15, 0.2) is 0 Å². The topological polar surface area (TPSA) is 124 Å². The minimum Gasteiger partial charge on any atom is -0.393 e. The number of amides is 1. The van der Waals surface area contributed by atoms with E-state index in [0.717, 1.165) is 39.9 Å². The zero-order valence-corrected chi connectivity index (χ0v) is 23.9. The number of carbonyl (C=O) groups is 1. The molecule has 4 N–H and O–H groups in total. The van der Waals surface area contributed by atoms with Crippen LogP contribution in [0.15, 0.2) is 75.8 Å². The second-order valence-corrected chi connectivity index (χ2v) is 11.4. The van der Waals surface area contributed by atoms with Crippen molar-refractivity contribution in [2.24, 2.45) is 0 Å². The number of fused-ring (bicyclic) bond motifs is 1. The summed E-state index contributed by atoms with van der Waals surface area (Å²) in [5.74, 6) is -0.617. The van der Waals surface area contributed by atoms with Crippen LogP contribution in [0.2, 0.25) is 0 Å². The van der Waals surface area contributed by atoms with E-state index in [0.29, 0.717) is 38.2 Å². The zero-order valence-electron chi connectivity index (χ0n) is 23.1. The number of hydrogen-bond donors (Lipinski definition) is 4. The lowest BCUT2D eigenvalue weighted by Crippen LogP contribution is -2.46. The van der Waals surface area contributed by atoms with Crippen LogP contribution in [0, 0.1) is 0 Å². The van der Waals surface area contributed by atoms with E-state index in [1.165, 1.54) is 6.07 Å². The zero-order chi connectivity index (χ0) is 31.0. The van der Waals surface area contributed by atoms with Gasteiger partial charge in [-0.2, -0.15) is 13.2 Å². The van der Waals surface area contributed by atoms with Gasteiger partial charge in [0.2, 0.25) is 0 Å². The summed E-state index contributed by atoms with van der Waals surface area (Å²) in [6, 6.07) is 14.1. The number of anilines is 5. The van der Waals surface area contributed by atoms with Gasteiger partial charge in [-0.1, -0.05) is 18.2 Å². The van der Waals surface area contributed by atoms with Crippen LogP contribution in [0.5, 0.6) is 0 Å². The molecule has 1 aliphatic rings. The number of hydrogen-bond acceptors (Lipinski definition) is 9. The molecule has 226 valence electrons. The highest BCUT2D eigenvalue weighted by atomic mass is 32.1. The number of halogens is 3. The second kappa shape index (κ2) is 11.7. The molecule has 0 unspecified atom stereocenters. The molecule has 1 aliphatic heterocycles. The van der Waals surface area contributed by atoms with E-state index in [1.54, 1.807) is 22.5 Å². The van der Waals surface area contributed by atoms with Crippen molar-refractivity contribution in [3.63, 3.8) is 0 Å². The molecule has 9 nitrogen and oxygen atoms in total. The van der Waals surface area contributed by atoms with Crippen LogP contribution in [0.4, 0.5) is 41.6 Å². The van der Waals surface area contributed by atoms with Crippen LogP contribution in [0.25, 0.3) is 10.9 Å². The Morgan fingerprint density at radius 2 is 1.77 bits per heavy atom. The number of para-hydroxylation sites is 1. The smallest absolute Gasteiger partial charge is 0.393 e. The molecule has 0 aliphatic carbocycles. The summed E-state index contributed by atoms with van der Waals surface area (Å²) in [6.45, 7) is 1.05. The van der Waals surface area contributed by atoms with Crippen molar-refractivity contribution < 1.29 is 23.1 Å². The second-order valence-electron chi connectivity index (χ2n) is 10.5. The number of benzene rings is 2. The fraction of sp³-hybridized carbons (Fsp3) is 0.226. The molecular weight excluding hydrogens is 595 g/mol. The molecule has 0 bridgehead atoms. The number of thiophene rings is 1. The lowest BCUT2D eigenvalue weighted by molar-refractivity contribution is -0.137. The van der Waals surface area contributed by atoms with E-state index in [9.17, 15) is 32.7 Å². The molecule has 3 aromatic carbocycles. The number of piperidine rings is 1. The predicted octanol–water partition coefficient (Wildman–Crippen LogP) is 5.48. The third-order valence-corrected chi connectivity index (χ3v) is 8.45. The van der Waals surface area contributed by atoms with E-state index >= 15 is 0 Å². The minimum atomic E-state index is -4.75. The van der Waals surface area contributed by atoms with Crippen molar-refractivity contribution in [3.05, 3.63) is 103 Å². The summed E-state index contributed by atoms with van der Waals surface area (Å²) in [5.41, 5.74) is -0.616. The van der Waals surface area contributed by atoms with Gasteiger partial charge in [-0.05, 0) is 60.2 Å². The predicted molar refractivity (Wildman–Crippen MR) is 165 cm³/mol. The van der Waals surface area contributed by atoms with Gasteiger partial charge < -0.3 is 26.0 Å². The number of nitrogens with one attached hydrogen (secondary N) is 3. The van der Waals surface area contributed by atoms with Crippen molar-refractivity contribution in [3.8, 4) is 0 Å². The van der Waals surface area contributed by atoms with E-state index in [2.05, 4.69) is 20.9 Å². The molecule has 6 rings (SSSR count). The highest BCUT2D eigenvalue weighted by molar-refractivity contribution is 7.12. The largest absolute Gasteiger partial charge is 0.416 e. The molecule has 0 atom stereocenters. The van der Waals surface area contributed by atoms with E-state index in [1.807, 2.05) is 30.3 Å². The van der Waals surface area contributed by atoms with Crippen molar-refractivity contribution >= 4 is 56.6 Å². The Morgan fingerprint density at radius 1 is 1.02 bits per heavy atom. The molecule has 44 heavy (non-hydrogen) atoms. The number of nitrogens with zero attached hydrogens (tertiary/aromatic N) is 2. The number of pyridine rings is 1. The van der Waals surface area contributed by atoms with E-state index in [4.69, 9.17) is 0 Å². The number of aromatic nitrogens is 1. The molecule has 1 amide bonds. The highest BCUT2D eigenvalue weighted by Gasteiger charge is 2.33. The molecule has 1 saturated heterocycles. The van der Waals surface area contributed by atoms with Crippen LogP contribution in [-0.2, 0) is 12.7 Å². The van der Waals surface area contributed by atoms with Crippen LogP contribution in [0.3, 0.4) is 0 Å². The van der Waals surface area contributed by atoms with Crippen molar-refractivity contribution in [1.29, 1.82) is 0 Å². The molecule has 0 radical (unpaired) electrons. The fourth-order valence-electron chi connectivity index (χ4n) is 5.28. The molecule has 5 aromatic rings. The summed E-state index contributed by atoms with van der Waals surface area (Å²) >= 11 is 1.13. The van der Waals surface area contributed by atoms with Gasteiger partial charge >= 0.3 is 6.18 Å². The normalized spacial score (nSPS) is 14.2. The van der Waals surface area contributed by atoms with Crippen molar-refractivity contribution in [2.45, 2.75) is 31.7 Å². The average molecular weight is 622 g/mol. The summed E-state index contributed by atoms with van der Waals surface area (Å²) in [4.78, 5) is 44.3. The molecule has 13 heteroatoms. The van der Waals surface area contributed by atoms with Crippen LogP contribution >= 0.6 is 11.3 Å². The van der Waals surface area contributed by atoms with E-state index in [-0.39, 0.29) is 27.6 Å². The number of aliphatic hydroxyl groups excluding tert-OH is 1. The lowest BCUT2D eigenvalue weighted by Gasteiger charge is -2.33. The summed E-state index contributed by atoms with van der Waals surface area (Å²) in [5, 5.41) is 20.9. The number of rotatable bonds is 8. The quantitative estimate of drug-likeness (QED) is 0.168. The Balaban J connectivity index is 1.22. The van der Waals surface area contributed by atoms with Crippen molar-refractivity contribution in [2.75, 3.05) is 33.9 Å². The molecule has 0 spiro atoms. The molecule has 2 aromatic heterocycles. The first-order chi connectivity index (χ1) is 21.1. The SMILES string of the molecule is O=C(Nc1cc(Nc2c(N3CCC(O)CC3)c(=O)c2=O)cc(C(F)(F)F)c1)c1sccc1NCc1ccnc2ccccc12. The summed E-state index contributed by atoms with van der Waals surface area (Å²) in [7, 11) is 0. The average Bonchev–Trinajstić information content (AvgIpc) is 3.49. The Hall–Kier alpha value is -4.75. The number of alkyl halides is 3. The van der Waals surface area contributed by atoms with E-state index < -0.39 is 34.6 Å². The van der Waals surface area contributed by atoms with Crippen molar-refractivity contribution in [1.82, 2.24) is 4.98 Å². The number of carbonyl (C=O) groups excluding carboxylic acids is 1. The first-order valence-electron chi connectivity index (χ1n) is 13.8. The maximum atomic E-state index is 13.9. The molecule has 0 saturated carbocycles. The summed E-state index contributed by atoms with van der Waals surface area (Å²) < 4.78 is 41.6. The first-order valence-corrected chi connectivity index (χ1v) is 14.7. The standard InChI is InChI=1S/C31H26F3N5O4S/c32-31(33,34)18-13-19(37-25-26(28(42)27(25)41)39-10-6-21(40)7-11-39)15-20(14-18)38-30(43)29-24(8-12-44-29)36-16-17-5-9-35-23-4-2-1-3-22(17)23/h1-5,8-9,12-15,21,36-37,40H,6-7,10-11,16H2,(H,38,43). The Kier molecular flexibility index (Phi) is 7.82. The van der Waals surface area contributed by atoms with Gasteiger partial charge in [0.1, 0.15) is 16.3 Å². The van der Waals surface area contributed by atoms with Gasteiger partial charge in [0.25, 0.3) is 16.8 Å². The van der Waals surface area contributed by atoms with Crippen LogP contribution in [0.1, 0.15) is 33.6 Å². The van der Waals surface area contributed by atoms with Gasteiger partial charge in [0, 0.05) is 42.6 Å². The molecule has 3 heterocycles. The molecular formula is C31H26F3N5O4S. The van der Waals surface area contributed by atoms with Gasteiger partial charge in [-0.3, -0.25) is 19.4 Å². The van der Waals surface area contributed by atoms with Crippen LogP contribution < -0.4 is 31.7 Å². The number of aliphatic hydroxyl groups is 1. The van der Waals surface area contributed by atoms with Gasteiger partial charge in [-0.15, -0.1) is 11.3 Å². The highest BCUT2D eigenvalue weighted by Crippen LogP contribution is 2.36. The Morgan fingerprint density at radius 3 is 2.55 bits per heavy atom. The maximum absolute atomic E-state index is 13.9. The minimum absolute atomic E-state index is 0.0844. The monoisotopic (exact) mass is 621 g/mol. The fourth-order valence-corrected chi connectivity index (χ4v) is 6.04.